The lowest BCUT2D eigenvalue weighted by Gasteiger charge is -2.08. The van der Waals surface area contributed by atoms with Crippen molar-refractivity contribution in [2.75, 3.05) is 10.7 Å². The van der Waals surface area contributed by atoms with Crippen LogP contribution in [0.1, 0.15) is 5.69 Å². The first-order chi connectivity index (χ1) is 8.58. The first-order valence-corrected chi connectivity index (χ1v) is 5.13. The number of rotatable bonds is 3. The normalized spacial score (nSPS) is 10.2. The Morgan fingerprint density at radius 2 is 1.89 bits per heavy atom. The Balaban J connectivity index is 2.27. The van der Waals surface area contributed by atoms with Crippen LogP contribution in [0.4, 0.5) is 26.2 Å². The Bertz CT molecular complexity index is 573. The van der Waals surface area contributed by atoms with Gasteiger partial charge in [-0.2, -0.15) is 4.98 Å². The van der Waals surface area contributed by atoms with Crippen LogP contribution in [-0.2, 0) is 0 Å². The van der Waals surface area contributed by atoms with Crippen molar-refractivity contribution in [1.82, 2.24) is 9.97 Å². The number of aryl methyl sites for hydroxylation is 1. The molecule has 2 rings (SSSR count). The maximum Gasteiger partial charge on any atom is 0.239 e. The van der Waals surface area contributed by atoms with E-state index in [2.05, 4.69) is 20.7 Å². The maximum absolute atomic E-state index is 13.0. The number of anilines is 3. The van der Waals surface area contributed by atoms with Crippen LogP contribution in [0.2, 0.25) is 0 Å². The van der Waals surface area contributed by atoms with Crippen LogP contribution >= 0.6 is 0 Å². The molecule has 0 saturated heterocycles. The number of benzene rings is 1. The number of aromatic nitrogens is 2. The lowest BCUT2D eigenvalue weighted by molar-refractivity contribution is 0.509. The Kier molecular flexibility index (Phi) is 3.33. The van der Waals surface area contributed by atoms with Gasteiger partial charge in [-0.3, -0.25) is 5.43 Å². The van der Waals surface area contributed by atoms with Crippen molar-refractivity contribution >= 4 is 17.5 Å². The number of hydrogen-bond donors (Lipinski definition) is 3. The topological polar surface area (TPSA) is 75.9 Å². The second-order valence-electron chi connectivity index (χ2n) is 3.62. The molecule has 0 bridgehead atoms. The van der Waals surface area contributed by atoms with E-state index in [1.54, 1.807) is 13.0 Å². The lowest BCUT2D eigenvalue weighted by Crippen LogP contribution is -2.11. The number of hydrazine groups is 1. The predicted molar refractivity (Wildman–Crippen MR) is 64.2 cm³/mol. The summed E-state index contributed by atoms with van der Waals surface area (Å²) in [5.41, 5.74) is 3.39. The zero-order chi connectivity index (χ0) is 13.1. The van der Waals surface area contributed by atoms with Crippen molar-refractivity contribution in [3.63, 3.8) is 0 Å². The smallest absolute Gasteiger partial charge is 0.239 e. The third-order valence-electron chi connectivity index (χ3n) is 2.18. The second-order valence-corrected chi connectivity index (χ2v) is 3.62. The van der Waals surface area contributed by atoms with Gasteiger partial charge in [0.2, 0.25) is 5.95 Å². The number of nitrogen functional groups attached to an aromatic ring is 1. The summed E-state index contributed by atoms with van der Waals surface area (Å²) in [5, 5.41) is 2.83. The molecule has 1 heterocycles. The third-order valence-corrected chi connectivity index (χ3v) is 2.18. The van der Waals surface area contributed by atoms with Crippen molar-refractivity contribution in [3.8, 4) is 0 Å². The largest absolute Gasteiger partial charge is 0.340 e. The average Bonchev–Trinajstić information content (AvgIpc) is 2.33. The monoisotopic (exact) mass is 251 g/mol. The highest BCUT2D eigenvalue weighted by molar-refractivity contribution is 5.57. The van der Waals surface area contributed by atoms with Gasteiger partial charge in [0.25, 0.3) is 0 Å². The SMILES string of the molecule is Cc1cc(Nc2ccc(F)c(F)c2)nc(NN)n1. The quantitative estimate of drug-likeness (QED) is 0.575. The number of hydrogen-bond acceptors (Lipinski definition) is 5. The zero-order valence-corrected chi connectivity index (χ0v) is 9.54. The Morgan fingerprint density at radius 1 is 1.11 bits per heavy atom. The molecule has 1 aromatic carbocycles. The molecule has 0 saturated carbocycles. The van der Waals surface area contributed by atoms with Gasteiger partial charge in [0.05, 0.1) is 0 Å². The zero-order valence-electron chi connectivity index (χ0n) is 9.54. The summed E-state index contributed by atoms with van der Waals surface area (Å²) < 4.78 is 25.8. The summed E-state index contributed by atoms with van der Waals surface area (Å²) in [6.07, 6.45) is 0. The molecule has 94 valence electrons. The van der Waals surface area contributed by atoms with Crippen molar-refractivity contribution in [2.45, 2.75) is 6.92 Å². The van der Waals surface area contributed by atoms with E-state index in [9.17, 15) is 8.78 Å². The van der Waals surface area contributed by atoms with Crippen LogP contribution in [0.25, 0.3) is 0 Å². The molecule has 0 fully saturated rings. The van der Waals surface area contributed by atoms with Crippen LogP contribution in [0.5, 0.6) is 0 Å². The minimum atomic E-state index is -0.928. The molecular formula is C11H11F2N5. The molecule has 0 aliphatic carbocycles. The molecule has 1 aromatic heterocycles. The average molecular weight is 251 g/mol. The van der Waals surface area contributed by atoms with Crippen LogP contribution < -0.4 is 16.6 Å². The minimum absolute atomic E-state index is 0.236. The highest BCUT2D eigenvalue weighted by atomic mass is 19.2. The van der Waals surface area contributed by atoms with Crippen molar-refractivity contribution in [2.24, 2.45) is 5.84 Å². The molecule has 0 radical (unpaired) electrons. The summed E-state index contributed by atoms with van der Waals surface area (Å²) >= 11 is 0. The summed E-state index contributed by atoms with van der Waals surface area (Å²) in [6, 6.07) is 5.14. The molecule has 18 heavy (non-hydrogen) atoms. The second kappa shape index (κ2) is 4.92. The van der Waals surface area contributed by atoms with Crippen LogP contribution in [0.3, 0.4) is 0 Å². The first-order valence-electron chi connectivity index (χ1n) is 5.13. The van der Waals surface area contributed by atoms with Crippen LogP contribution in [-0.4, -0.2) is 9.97 Å². The molecule has 0 amide bonds. The van der Waals surface area contributed by atoms with Crippen LogP contribution in [0.15, 0.2) is 24.3 Å². The van der Waals surface area contributed by atoms with E-state index in [-0.39, 0.29) is 5.95 Å². The van der Waals surface area contributed by atoms with Crippen LogP contribution in [0, 0.1) is 18.6 Å². The molecule has 7 heteroatoms. The summed E-state index contributed by atoms with van der Waals surface area (Å²) in [5.74, 6) is 4.05. The van der Waals surface area contributed by atoms with Gasteiger partial charge >= 0.3 is 0 Å². The molecular weight excluding hydrogens is 240 g/mol. The van der Waals surface area contributed by atoms with Gasteiger partial charge in [0.1, 0.15) is 5.82 Å². The fourth-order valence-electron chi connectivity index (χ4n) is 1.42. The molecule has 5 nitrogen and oxygen atoms in total. The fourth-order valence-corrected chi connectivity index (χ4v) is 1.42. The molecule has 0 aliphatic heterocycles. The highest BCUT2D eigenvalue weighted by Gasteiger charge is 2.05. The van der Waals surface area contributed by atoms with Gasteiger partial charge in [0.15, 0.2) is 11.6 Å². The standard InChI is InChI=1S/C11H11F2N5/c1-6-4-10(17-11(15-6)18-14)16-7-2-3-8(12)9(13)5-7/h2-5H,14H2,1H3,(H2,15,16,17,18). The van der Waals surface area contributed by atoms with E-state index in [4.69, 9.17) is 5.84 Å². The number of nitrogens with zero attached hydrogens (tertiary/aromatic N) is 2. The molecule has 4 N–H and O–H groups in total. The van der Waals surface area contributed by atoms with E-state index in [0.717, 1.165) is 12.1 Å². The maximum atomic E-state index is 13.0. The number of nitrogens with two attached hydrogens (primary N) is 1. The fraction of sp³-hybridized carbons (Fsp3) is 0.0909. The first kappa shape index (κ1) is 12.2. The van der Waals surface area contributed by atoms with Gasteiger partial charge < -0.3 is 5.32 Å². The van der Waals surface area contributed by atoms with Crippen molar-refractivity contribution < 1.29 is 8.78 Å². The minimum Gasteiger partial charge on any atom is -0.340 e. The molecule has 0 spiro atoms. The van der Waals surface area contributed by atoms with Gasteiger partial charge in [-0.15, -0.1) is 0 Å². The highest BCUT2D eigenvalue weighted by Crippen LogP contribution is 2.18. The van der Waals surface area contributed by atoms with Crippen molar-refractivity contribution in [3.05, 3.63) is 41.6 Å². The Labute approximate surface area is 102 Å². The van der Waals surface area contributed by atoms with E-state index in [1.165, 1.54) is 6.07 Å². The molecule has 0 aliphatic rings. The summed E-state index contributed by atoms with van der Waals surface area (Å²) in [7, 11) is 0. The van der Waals surface area contributed by atoms with E-state index in [1.807, 2.05) is 0 Å². The van der Waals surface area contributed by atoms with E-state index < -0.39 is 11.6 Å². The lowest BCUT2D eigenvalue weighted by atomic mass is 10.3. The Hall–Kier alpha value is -2.28. The van der Waals surface area contributed by atoms with E-state index in [0.29, 0.717) is 17.2 Å². The van der Waals surface area contributed by atoms with E-state index >= 15 is 0 Å². The van der Waals surface area contributed by atoms with Gasteiger partial charge in [-0.1, -0.05) is 0 Å². The molecule has 2 aromatic rings. The molecule has 0 unspecified atom stereocenters. The van der Waals surface area contributed by atoms with Gasteiger partial charge in [0, 0.05) is 23.5 Å². The van der Waals surface area contributed by atoms with Gasteiger partial charge in [-0.05, 0) is 19.1 Å². The Morgan fingerprint density at radius 3 is 2.56 bits per heavy atom. The third kappa shape index (κ3) is 2.69. The molecule has 0 atom stereocenters. The summed E-state index contributed by atoms with van der Waals surface area (Å²) in [4.78, 5) is 8.03. The predicted octanol–water partition coefficient (Wildman–Crippen LogP) is 2.09. The number of nitrogens with one attached hydrogen (secondary N) is 2. The van der Waals surface area contributed by atoms with Crippen molar-refractivity contribution in [1.29, 1.82) is 0 Å². The number of halogens is 2. The summed E-state index contributed by atoms with van der Waals surface area (Å²) in [6.45, 7) is 1.76. The van der Waals surface area contributed by atoms with Gasteiger partial charge in [-0.25, -0.2) is 19.6 Å².